The highest BCUT2D eigenvalue weighted by Gasteiger charge is 2.12. The average Bonchev–Trinajstić information content (AvgIpc) is 2.62. The maximum Gasteiger partial charge on any atom is 0.175 e. The van der Waals surface area contributed by atoms with E-state index in [1.807, 2.05) is 38.1 Å². The Morgan fingerprint density at radius 3 is 1.83 bits per heavy atom. The fourth-order valence-electron chi connectivity index (χ4n) is 2.40. The first-order valence-corrected chi connectivity index (χ1v) is 9.56. The Bertz CT molecular complexity index is 595. The van der Waals surface area contributed by atoms with Crippen molar-refractivity contribution in [2.75, 3.05) is 20.3 Å². The van der Waals surface area contributed by atoms with Crippen LogP contribution in [0.2, 0.25) is 0 Å². The molecule has 0 bridgehead atoms. The molecule has 5 heteroatoms. The zero-order chi connectivity index (χ0) is 17.4. The molecule has 0 aromatic heterocycles. The second-order valence-electron chi connectivity index (χ2n) is 5.32. The van der Waals surface area contributed by atoms with E-state index in [0.717, 1.165) is 23.0 Å². The summed E-state index contributed by atoms with van der Waals surface area (Å²) in [7, 11) is 0.803. The number of hydrogen-bond donors (Lipinski definition) is 1. The first-order chi connectivity index (χ1) is 11.7. The zero-order valence-corrected chi connectivity index (χ0v) is 15.5. The Balaban J connectivity index is 2.04. The summed E-state index contributed by atoms with van der Waals surface area (Å²) < 4.78 is 16.5. The standard InChI is InChI=1S/C19H26NO3P/c1-4-22-24(23-5-2)14-15-6-8-16(9-7-15)19(20)17-10-12-18(21-3)13-11-17/h6-13,19H,4-5,14,20H2,1-3H3. The molecule has 0 amide bonds. The van der Waals surface area contributed by atoms with Crippen LogP contribution in [-0.4, -0.2) is 20.3 Å². The van der Waals surface area contributed by atoms with Crippen LogP contribution in [0.25, 0.3) is 0 Å². The summed E-state index contributed by atoms with van der Waals surface area (Å²) in [6, 6.07) is 16.1. The lowest BCUT2D eigenvalue weighted by atomic mass is 9.99. The molecule has 24 heavy (non-hydrogen) atoms. The van der Waals surface area contributed by atoms with Gasteiger partial charge in [-0.2, -0.15) is 0 Å². The maximum atomic E-state index is 6.37. The summed E-state index contributed by atoms with van der Waals surface area (Å²) in [5.41, 5.74) is 9.72. The minimum absolute atomic E-state index is 0.148. The molecule has 1 unspecified atom stereocenters. The van der Waals surface area contributed by atoms with Crippen molar-refractivity contribution >= 4 is 8.38 Å². The molecule has 0 aliphatic heterocycles. The SMILES string of the molecule is CCOP(Cc1ccc(C(N)c2ccc(OC)cc2)cc1)OCC. The van der Waals surface area contributed by atoms with Gasteiger partial charge >= 0.3 is 0 Å². The van der Waals surface area contributed by atoms with Crippen LogP contribution in [0.15, 0.2) is 48.5 Å². The van der Waals surface area contributed by atoms with Crippen molar-refractivity contribution in [2.24, 2.45) is 5.73 Å². The third kappa shape index (κ3) is 5.29. The fourth-order valence-corrected chi connectivity index (χ4v) is 3.74. The number of methoxy groups -OCH3 is 1. The highest BCUT2D eigenvalue weighted by atomic mass is 31.2. The lowest BCUT2D eigenvalue weighted by Crippen LogP contribution is -2.11. The van der Waals surface area contributed by atoms with E-state index in [1.54, 1.807) is 7.11 Å². The normalized spacial score (nSPS) is 12.4. The van der Waals surface area contributed by atoms with Crippen LogP contribution in [0.4, 0.5) is 0 Å². The molecule has 0 spiro atoms. The Labute approximate surface area is 145 Å². The van der Waals surface area contributed by atoms with E-state index in [4.69, 9.17) is 19.5 Å². The molecule has 0 saturated heterocycles. The van der Waals surface area contributed by atoms with Gasteiger partial charge in [-0.05, 0) is 42.7 Å². The van der Waals surface area contributed by atoms with Gasteiger partial charge in [0.25, 0.3) is 0 Å². The monoisotopic (exact) mass is 347 g/mol. The van der Waals surface area contributed by atoms with Gasteiger partial charge in [0, 0.05) is 6.16 Å². The van der Waals surface area contributed by atoms with Crippen molar-refractivity contribution in [3.05, 3.63) is 65.2 Å². The summed E-state index contributed by atoms with van der Waals surface area (Å²) in [4.78, 5) is 0. The van der Waals surface area contributed by atoms with E-state index in [9.17, 15) is 0 Å². The smallest absolute Gasteiger partial charge is 0.175 e. The minimum Gasteiger partial charge on any atom is -0.497 e. The zero-order valence-electron chi connectivity index (χ0n) is 14.6. The first-order valence-electron chi connectivity index (χ1n) is 8.19. The fraction of sp³-hybridized carbons (Fsp3) is 0.368. The first kappa shape index (κ1) is 18.9. The van der Waals surface area contributed by atoms with E-state index >= 15 is 0 Å². The van der Waals surface area contributed by atoms with Crippen molar-refractivity contribution in [3.8, 4) is 5.75 Å². The van der Waals surface area contributed by atoms with Gasteiger partial charge in [0.2, 0.25) is 0 Å². The Kier molecular flexibility index (Phi) is 7.67. The summed E-state index contributed by atoms with van der Waals surface area (Å²) in [5.74, 6) is 0.835. The molecule has 130 valence electrons. The van der Waals surface area contributed by atoms with Crippen LogP contribution in [0.3, 0.4) is 0 Å². The largest absolute Gasteiger partial charge is 0.497 e. The topological polar surface area (TPSA) is 53.7 Å². The van der Waals surface area contributed by atoms with Crippen molar-refractivity contribution in [3.63, 3.8) is 0 Å². The number of ether oxygens (including phenoxy) is 1. The number of nitrogens with two attached hydrogens (primary N) is 1. The second kappa shape index (κ2) is 9.75. The van der Waals surface area contributed by atoms with Crippen molar-refractivity contribution in [1.29, 1.82) is 0 Å². The molecule has 0 aliphatic carbocycles. The summed E-state index contributed by atoms with van der Waals surface area (Å²) >= 11 is 0. The summed E-state index contributed by atoms with van der Waals surface area (Å²) in [6.45, 7) is 5.33. The molecule has 4 nitrogen and oxygen atoms in total. The molecule has 0 heterocycles. The number of hydrogen-bond acceptors (Lipinski definition) is 4. The van der Waals surface area contributed by atoms with Crippen molar-refractivity contribution < 1.29 is 13.8 Å². The Hall–Kier alpha value is -1.45. The van der Waals surface area contributed by atoms with E-state index in [0.29, 0.717) is 13.2 Å². The maximum absolute atomic E-state index is 6.37. The van der Waals surface area contributed by atoms with Crippen molar-refractivity contribution in [1.82, 2.24) is 0 Å². The lowest BCUT2D eigenvalue weighted by molar-refractivity contribution is 0.268. The van der Waals surface area contributed by atoms with E-state index in [-0.39, 0.29) is 6.04 Å². The van der Waals surface area contributed by atoms with Gasteiger partial charge in [-0.1, -0.05) is 36.4 Å². The van der Waals surface area contributed by atoms with Crippen LogP contribution in [0.5, 0.6) is 5.75 Å². The molecule has 2 aromatic carbocycles. The number of benzene rings is 2. The third-order valence-corrected chi connectivity index (χ3v) is 5.39. The van der Waals surface area contributed by atoms with E-state index in [1.165, 1.54) is 5.56 Å². The molecule has 0 saturated carbocycles. The van der Waals surface area contributed by atoms with Gasteiger partial charge in [-0.15, -0.1) is 0 Å². The van der Waals surface area contributed by atoms with E-state index in [2.05, 4.69) is 24.3 Å². The average molecular weight is 347 g/mol. The highest BCUT2D eigenvalue weighted by Crippen LogP contribution is 2.42. The third-order valence-electron chi connectivity index (χ3n) is 3.67. The summed E-state index contributed by atoms with van der Waals surface area (Å²) in [6.07, 6.45) is 0.801. The molecular weight excluding hydrogens is 321 g/mol. The quantitative estimate of drug-likeness (QED) is 0.672. The van der Waals surface area contributed by atoms with Crippen LogP contribution in [-0.2, 0) is 15.2 Å². The highest BCUT2D eigenvalue weighted by molar-refractivity contribution is 7.46. The molecule has 0 radical (unpaired) electrons. The molecule has 2 aromatic rings. The molecule has 2 rings (SSSR count). The van der Waals surface area contributed by atoms with Crippen LogP contribution >= 0.6 is 8.38 Å². The minimum atomic E-state index is -0.857. The van der Waals surface area contributed by atoms with Crippen LogP contribution in [0.1, 0.15) is 36.6 Å². The molecular formula is C19H26NO3P. The van der Waals surface area contributed by atoms with Crippen LogP contribution < -0.4 is 10.5 Å². The predicted molar refractivity (Wildman–Crippen MR) is 99.3 cm³/mol. The van der Waals surface area contributed by atoms with Gasteiger partial charge in [-0.25, -0.2) is 0 Å². The molecule has 0 aliphatic rings. The van der Waals surface area contributed by atoms with Gasteiger partial charge < -0.3 is 19.5 Å². The van der Waals surface area contributed by atoms with Gasteiger partial charge in [0.1, 0.15) is 5.75 Å². The molecule has 0 fully saturated rings. The Morgan fingerprint density at radius 1 is 0.875 bits per heavy atom. The van der Waals surface area contributed by atoms with Gasteiger partial charge in [0.05, 0.1) is 26.4 Å². The Morgan fingerprint density at radius 2 is 1.38 bits per heavy atom. The molecule has 2 N–H and O–H groups in total. The second-order valence-corrected chi connectivity index (χ2v) is 6.82. The predicted octanol–water partition coefficient (Wildman–Crippen LogP) is 4.63. The van der Waals surface area contributed by atoms with E-state index < -0.39 is 8.38 Å². The van der Waals surface area contributed by atoms with Crippen LogP contribution in [0, 0.1) is 0 Å². The van der Waals surface area contributed by atoms with Gasteiger partial charge in [0.15, 0.2) is 8.38 Å². The molecule has 1 atom stereocenters. The number of rotatable bonds is 9. The lowest BCUT2D eigenvalue weighted by Gasteiger charge is -2.17. The van der Waals surface area contributed by atoms with Gasteiger partial charge in [-0.3, -0.25) is 0 Å². The van der Waals surface area contributed by atoms with Crippen molar-refractivity contribution in [2.45, 2.75) is 26.1 Å². The summed E-state index contributed by atoms with van der Waals surface area (Å²) in [5, 5.41) is 0.